The molecule has 0 rings (SSSR count). The molecular formula is C89H146O17P2. The second kappa shape index (κ2) is 79.5. The highest BCUT2D eigenvalue weighted by atomic mass is 31.2. The summed E-state index contributed by atoms with van der Waals surface area (Å²) in [5.74, 6) is -2.33. The molecule has 5 atom stereocenters. The molecule has 0 amide bonds. The summed E-state index contributed by atoms with van der Waals surface area (Å²) in [6.45, 7) is 4.41. The molecule has 0 saturated heterocycles. The lowest BCUT2D eigenvalue weighted by Crippen LogP contribution is -2.30. The van der Waals surface area contributed by atoms with Gasteiger partial charge in [0.25, 0.3) is 0 Å². The van der Waals surface area contributed by atoms with Crippen molar-refractivity contribution in [3.8, 4) is 0 Å². The van der Waals surface area contributed by atoms with Crippen LogP contribution in [0.5, 0.6) is 0 Å². The molecule has 5 unspecified atom stereocenters. The van der Waals surface area contributed by atoms with Crippen LogP contribution in [0.25, 0.3) is 0 Å². The Morgan fingerprint density at radius 3 is 0.806 bits per heavy atom. The van der Waals surface area contributed by atoms with E-state index < -0.39 is 97.5 Å². The number of aliphatic hydroxyl groups is 1. The first-order valence-corrected chi connectivity index (χ1v) is 44.4. The Hall–Kier alpha value is -5.58. The zero-order valence-corrected chi connectivity index (χ0v) is 69.0. The molecule has 0 aliphatic carbocycles. The second-order valence-corrected chi connectivity index (χ2v) is 29.8. The molecule has 0 spiro atoms. The van der Waals surface area contributed by atoms with Gasteiger partial charge >= 0.3 is 39.5 Å². The van der Waals surface area contributed by atoms with E-state index >= 15 is 0 Å². The minimum atomic E-state index is -5.00. The van der Waals surface area contributed by atoms with Crippen molar-refractivity contribution < 1.29 is 80.2 Å². The molecular weight excluding hydrogens is 1400 g/mol. The lowest BCUT2D eigenvalue weighted by molar-refractivity contribution is -0.161. The van der Waals surface area contributed by atoms with Crippen LogP contribution in [0, 0.1) is 0 Å². The number of allylic oxidation sites excluding steroid dienone is 28. The number of rotatable bonds is 76. The van der Waals surface area contributed by atoms with Gasteiger partial charge in [0.1, 0.15) is 19.3 Å². The van der Waals surface area contributed by atoms with Gasteiger partial charge in [0, 0.05) is 25.7 Å². The number of ether oxygens (including phenoxy) is 4. The van der Waals surface area contributed by atoms with Gasteiger partial charge < -0.3 is 33.8 Å². The highest BCUT2D eigenvalue weighted by Gasteiger charge is 2.30. The van der Waals surface area contributed by atoms with Crippen LogP contribution in [-0.2, 0) is 65.4 Å². The van der Waals surface area contributed by atoms with Crippen molar-refractivity contribution in [1.82, 2.24) is 0 Å². The van der Waals surface area contributed by atoms with E-state index in [-0.39, 0.29) is 25.7 Å². The van der Waals surface area contributed by atoms with Gasteiger partial charge in [0.05, 0.1) is 26.4 Å². The molecule has 0 saturated carbocycles. The fraction of sp³-hybridized carbons (Fsp3) is 0.640. The summed E-state index contributed by atoms with van der Waals surface area (Å²) in [5.41, 5.74) is 0. The van der Waals surface area contributed by atoms with Gasteiger partial charge in [-0.1, -0.05) is 313 Å². The van der Waals surface area contributed by atoms with Crippen molar-refractivity contribution in [2.45, 2.75) is 329 Å². The van der Waals surface area contributed by atoms with Crippen molar-refractivity contribution >= 4 is 39.5 Å². The monoisotopic (exact) mass is 1550 g/mol. The lowest BCUT2D eigenvalue weighted by atomic mass is 10.0. The summed E-state index contributed by atoms with van der Waals surface area (Å²) in [5, 5.41) is 10.7. The van der Waals surface area contributed by atoms with Crippen LogP contribution >= 0.6 is 15.6 Å². The summed E-state index contributed by atoms with van der Waals surface area (Å²) in [7, 11) is -10.0. The van der Waals surface area contributed by atoms with Crippen LogP contribution in [0.15, 0.2) is 170 Å². The summed E-state index contributed by atoms with van der Waals surface area (Å²) in [4.78, 5) is 73.1. The molecule has 614 valence electrons. The van der Waals surface area contributed by atoms with E-state index in [0.29, 0.717) is 32.1 Å². The molecule has 108 heavy (non-hydrogen) atoms. The molecule has 0 aliphatic rings. The Balaban J connectivity index is 5.48. The first-order valence-electron chi connectivity index (χ1n) is 41.4. The zero-order chi connectivity index (χ0) is 78.9. The maximum atomic E-state index is 13.1. The summed E-state index contributed by atoms with van der Waals surface area (Å²) in [6.07, 6.45) is 94.8. The number of phosphoric acid groups is 2. The average molecular weight is 1550 g/mol. The van der Waals surface area contributed by atoms with Crippen molar-refractivity contribution in [3.63, 3.8) is 0 Å². The molecule has 0 aromatic rings. The summed E-state index contributed by atoms with van der Waals surface area (Å²) >= 11 is 0. The number of hydrogen-bond acceptors (Lipinski definition) is 15. The van der Waals surface area contributed by atoms with Crippen molar-refractivity contribution in [2.75, 3.05) is 39.6 Å². The van der Waals surface area contributed by atoms with Crippen LogP contribution in [0.1, 0.15) is 310 Å². The first-order chi connectivity index (χ1) is 52.7. The van der Waals surface area contributed by atoms with Crippen LogP contribution in [0.4, 0.5) is 0 Å². The van der Waals surface area contributed by atoms with Crippen LogP contribution in [0.3, 0.4) is 0 Å². The van der Waals surface area contributed by atoms with Gasteiger partial charge in [-0.15, -0.1) is 0 Å². The topological polar surface area (TPSA) is 237 Å². The molecule has 0 heterocycles. The highest BCUT2D eigenvalue weighted by Crippen LogP contribution is 2.45. The Morgan fingerprint density at radius 2 is 0.500 bits per heavy atom. The van der Waals surface area contributed by atoms with Crippen molar-refractivity contribution in [3.05, 3.63) is 170 Å². The third-order valence-electron chi connectivity index (χ3n) is 16.7. The number of unbranched alkanes of at least 4 members (excludes halogenated alkanes) is 22. The SMILES string of the molecule is CC/C=C\C/C=C\C/C=C\C/C=C\C/C=C\C/C=C\CCC(=O)OCC(COP(=O)(O)OCC(O)COP(=O)(O)OCC(COC(=O)CCCCC/C=C\C/C=C\C/C=C\C/C=C\C/C=C\CC)OC(=O)CCCCCCC/C=C\C/C=C\C/C=C\CC)OC(=O)CCCCCCCCCCCCCCCCC. The van der Waals surface area contributed by atoms with Gasteiger partial charge in [0.15, 0.2) is 12.2 Å². The molecule has 0 aromatic heterocycles. The van der Waals surface area contributed by atoms with Crippen LogP contribution in [0.2, 0.25) is 0 Å². The standard InChI is InChI=1S/C89H146O17P2/c1-5-9-13-17-21-25-29-33-37-39-41-43-47-49-53-57-61-65-69-73-86(91)99-79-84(105-88(93)75-71-67-63-59-55-51-45-35-31-27-23-19-15-11-7-3)81-103-107(95,96)101-77-83(90)78-102-108(97,98)104-82-85(106-89(94)76-72-68-64-60-56-52-46-36-32-28-24-20-16-12-8-4)80-100-87(92)74-70-66-62-58-54-50-48-44-42-40-38-34-30-26-22-18-14-10-6-2/h9-11,13-15,21-23,25-27,33-35,37-38,41-45,49-50,53-54,62,66,83-85,90H,5-8,12,16-20,24,28-32,36,39-40,46-48,51-52,55-61,63-65,67-82H2,1-4H3,(H,95,96)(H,97,98)/b13-9-,14-10-,15-11-,25-21-,26-22-,27-23-,37-33-,38-34-,43-41-,44-42-,45-35-,53-49-,54-50-,66-62-. The Kier molecular flexibility index (Phi) is 75.4. The van der Waals surface area contributed by atoms with E-state index in [9.17, 15) is 43.2 Å². The quantitative estimate of drug-likeness (QED) is 0.0169. The number of aliphatic hydroxyl groups excluding tert-OH is 1. The maximum Gasteiger partial charge on any atom is 0.472 e. The summed E-state index contributed by atoms with van der Waals surface area (Å²) in [6, 6.07) is 0. The smallest absolute Gasteiger partial charge is 0.462 e. The zero-order valence-electron chi connectivity index (χ0n) is 67.2. The number of hydrogen-bond donors (Lipinski definition) is 3. The fourth-order valence-electron chi connectivity index (χ4n) is 10.5. The van der Waals surface area contributed by atoms with E-state index in [2.05, 4.69) is 180 Å². The molecule has 17 nitrogen and oxygen atoms in total. The number of esters is 4. The molecule has 19 heteroatoms. The predicted octanol–water partition coefficient (Wildman–Crippen LogP) is 24.6. The molecule has 0 fully saturated rings. The molecule has 0 aliphatic heterocycles. The maximum absolute atomic E-state index is 13.1. The molecule has 3 N–H and O–H groups in total. The second-order valence-electron chi connectivity index (χ2n) is 26.9. The average Bonchev–Trinajstić information content (AvgIpc) is 0.923. The Morgan fingerprint density at radius 1 is 0.269 bits per heavy atom. The minimum absolute atomic E-state index is 0.0324. The lowest BCUT2D eigenvalue weighted by Gasteiger charge is -2.21. The van der Waals surface area contributed by atoms with Gasteiger partial charge in [-0.25, -0.2) is 9.13 Å². The van der Waals surface area contributed by atoms with Gasteiger partial charge in [-0.3, -0.25) is 37.3 Å². The highest BCUT2D eigenvalue weighted by molar-refractivity contribution is 7.47. The predicted molar refractivity (Wildman–Crippen MR) is 445 cm³/mol. The van der Waals surface area contributed by atoms with E-state index in [0.717, 1.165) is 161 Å². The molecule has 0 radical (unpaired) electrons. The number of carbonyl (C=O) groups is 4. The summed E-state index contributed by atoms with van der Waals surface area (Å²) < 4.78 is 68.6. The van der Waals surface area contributed by atoms with Crippen LogP contribution in [-0.4, -0.2) is 96.7 Å². The number of carbonyl (C=O) groups excluding carboxylic acids is 4. The van der Waals surface area contributed by atoms with E-state index in [1.54, 1.807) is 0 Å². The molecule has 0 bridgehead atoms. The Bertz CT molecular complexity index is 2710. The number of phosphoric ester groups is 2. The fourth-order valence-corrected chi connectivity index (χ4v) is 12.1. The van der Waals surface area contributed by atoms with Gasteiger partial charge in [-0.05, 0) is 141 Å². The van der Waals surface area contributed by atoms with E-state index in [1.165, 1.54) is 64.2 Å². The molecule has 0 aromatic carbocycles. The van der Waals surface area contributed by atoms with Gasteiger partial charge in [0.2, 0.25) is 0 Å². The Labute approximate surface area is 654 Å². The third kappa shape index (κ3) is 78.5. The van der Waals surface area contributed by atoms with Gasteiger partial charge in [-0.2, -0.15) is 0 Å². The normalized spacial score (nSPS) is 14.7. The van der Waals surface area contributed by atoms with E-state index in [1.807, 2.05) is 18.2 Å². The van der Waals surface area contributed by atoms with Crippen molar-refractivity contribution in [1.29, 1.82) is 0 Å². The van der Waals surface area contributed by atoms with Crippen molar-refractivity contribution in [2.24, 2.45) is 0 Å². The minimum Gasteiger partial charge on any atom is -0.462 e. The van der Waals surface area contributed by atoms with E-state index in [4.69, 9.17) is 37.0 Å². The van der Waals surface area contributed by atoms with Crippen LogP contribution < -0.4 is 0 Å². The first kappa shape index (κ1) is 102. The third-order valence-corrected chi connectivity index (χ3v) is 18.6. The largest absolute Gasteiger partial charge is 0.472 e.